The summed E-state index contributed by atoms with van der Waals surface area (Å²) in [6.07, 6.45) is 9.65. The van der Waals surface area contributed by atoms with Gasteiger partial charge in [0.2, 0.25) is 0 Å². The Bertz CT molecular complexity index is 1380. The number of hydrogen-bond acceptors (Lipinski definition) is 2. The molecule has 31 heavy (non-hydrogen) atoms. The molecule has 0 N–H and O–H groups in total. The number of benzene rings is 3. The molecule has 0 saturated carbocycles. The van der Waals surface area contributed by atoms with Gasteiger partial charge in [-0.25, -0.2) is 4.98 Å². The van der Waals surface area contributed by atoms with Crippen LogP contribution >= 0.6 is 11.6 Å². The normalized spacial score (nSPS) is 11.7. The van der Waals surface area contributed by atoms with Crippen molar-refractivity contribution in [1.29, 1.82) is 0 Å². The SMILES string of the molecule is [CH2]CCc1ccc(-n2cnc3cnc4cc(Cl)c(C=Cc5ccccc5)cc4c32)cc1. The fourth-order valence-electron chi connectivity index (χ4n) is 3.83. The van der Waals surface area contributed by atoms with Crippen molar-refractivity contribution >= 4 is 45.7 Å². The molecule has 0 aliphatic heterocycles. The Kier molecular flexibility index (Phi) is 5.27. The molecule has 4 heteroatoms. The van der Waals surface area contributed by atoms with E-state index in [-0.39, 0.29) is 0 Å². The van der Waals surface area contributed by atoms with Crippen molar-refractivity contribution in [3.8, 4) is 5.69 Å². The third-order valence-electron chi connectivity index (χ3n) is 5.43. The van der Waals surface area contributed by atoms with E-state index in [9.17, 15) is 0 Å². The van der Waals surface area contributed by atoms with Gasteiger partial charge in [-0.1, -0.05) is 73.1 Å². The molecule has 0 unspecified atom stereocenters. The Labute approximate surface area is 186 Å². The number of rotatable bonds is 5. The molecule has 0 bridgehead atoms. The molecular formula is C27H21ClN3. The van der Waals surface area contributed by atoms with Crippen LogP contribution in [0.3, 0.4) is 0 Å². The molecule has 0 saturated heterocycles. The van der Waals surface area contributed by atoms with E-state index >= 15 is 0 Å². The fourth-order valence-corrected chi connectivity index (χ4v) is 4.05. The molecular weight excluding hydrogens is 402 g/mol. The van der Waals surface area contributed by atoms with Gasteiger partial charge in [0.05, 0.1) is 17.2 Å². The van der Waals surface area contributed by atoms with Gasteiger partial charge in [0, 0.05) is 16.1 Å². The van der Waals surface area contributed by atoms with E-state index in [2.05, 4.69) is 70.0 Å². The predicted octanol–water partition coefficient (Wildman–Crippen LogP) is 7.16. The van der Waals surface area contributed by atoms with Crippen molar-refractivity contribution in [1.82, 2.24) is 14.5 Å². The smallest absolute Gasteiger partial charge is 0.108 e. The quantitative estimate of drug-likeness (QED) is 0.281. The van der Waals surface area contributed by atoms with E-state index in [0.29, 0.717) is 5.02 Å². The molecule has 2 aromatic heterocycles. The second kappa shape index (κ2) is 8.37. The fraction of sp³-hybridized carbons (Fsp3) is 0.0741. The van der Waals surface area contributed by atoms with Gasteiger partial charge in [-0.2, -0.15) is 0 Å². The molecule has 0 aliphatic carbocycles. The van der Waals surface area contributed by atoms with Crippen molar-refractivity contribution in [2.75, 3.05) is 0 Å². The van der Waals surface area contributed by atoms with Crippen LogP contribution in [-0.4, -0.2) is 14.5 Å². The molecule has 0 atom stereocenters. The summed E-state index contributed by atoms with van der Waals surface area (Å²) < 4.78 is 2.12. The summed E-state index contributed by atoms with van der Waals surface area (Å²) in [6, 6.07) is 22.8. The van der Waals surface area contributed by atoms with Crippen LogP contribution in [0.15, 0.2) is 79.3 Å². The van der Waals surface area contributed by atoms with Gasteiger partial charge in [0.15, 0.2) is 0 Å². The van der Waals surface area contributed by atoms with E-state index in [4.69, 9.17) is 11.6 Å². The van der Waals surface area contributed by atoms with Crippen molar-refractivity contribution in [3.63, 3.8) is 0 Å². The molecule has 3 nitrogen and oxygen atoms in total. The number of pyridine rings is 1. The maximum atomic E-state index is 6.58. The lowest BCUT2D eigenvalue weighted by Gasteiger charge is -2.09. The summed E-state index contributed by atoms with van der Waals surface area (Å²) in [5.74, 6) is 0. The molecule has 3 aromatic carbocycles. The molecule has 5 rings (SSSR count). The highest BCUT2D eigenvalue weighted by Gasteiger charge is 2.12. The molecule has 151 valence electrons. The number of halogens is 1. The van der Waals surface area contributed by atoms with E-state index in [1.54, 1.807) is 6.20 Å². The highest BCUT2D eigenvalue weighted by Crippen LogP contribution is 2.31. The lowest BCUT2D eigenvalue weighted by atomic mass is 10.1. The first-order valence-electron chi connectivity index (χ1n) is 10.3. The van der Waals surface area contributed by atoms with Gasteiger partial charge < -0.3 is 0 Å². The first-order chi connectivity index (χ1) is 15.2. The van der Waals surface area contributed by atoms with Crippen molar-refractivity contribution in [3.05, 3.63) is 108 Å². The first-order valence-corrected chi connectivity index (χ1v) is 10.7. The molecule has 0 spiro atoms. The lowest BCUT2D eigenvalue weighted by molar-refractivity contribution is 0.994. The zero-order chi connectivity index (χ0) is 21.2. The first kappa shape index (κ1) is 19.5. The largest absolute Gasteiger partial charge is 0.298 e. The third kappa shape index (κ3) is 3.85. The summed E-state index contributed by atoms with van der Waals surface area (Å²) >= 11 is 6.58. The Morgan fingerprint density at radius 2 is 1.71 bits per heavy atom. The molecule has 0 fully saturated rings. The maximum Gasteiger partial charge on any atom is 0.108 e. The summed E-state index contributed by atoms with van der Waals surface area (Å²) in [6.45, 7) is 3.94. The van der Waals surface area contributed by atoms with Crippen LogP contribution in [0.2, 0.25) is 5.02 Å². The van der Waals surface area contributed by atoms with Crippen molar-refractivity contribution < 1.29 is 0 Å². The second-order valence-electron chi connectivity index (χ2n) is 7.51. The average Bonchev–Trinajstić information content (AvgIpc) is 3.24. The average molecular weight is 423 g/mol. The lowest BCUT2D eigenvalue weighted by Crippen LogP contribution is -1.94. The van der Waals surface area contributed by atoms with Gasteiger partial charge >= 0.3 is 0 Å². The van der Waals surface area contributed by atoms with Crippen LogP contribution in [-0.2, 0) is 6.42 Å². The summed E-state index contributed by atoms with van der Waals surface area (Å²) in [5, 5.41) is 1.70. The van der Waals surface area contributed by atoms with Crippen molar-refractivity contribution in [2.24, 2.45) is 0 Å². The van der Waals surface area contributed by atoms with E-state index in [1.165, 1.54) is 5.56 Å². The Balaban J connectivity index is 1.64. The van der Waals surface area contributed by atoms with Crippen LogP contribution < -0.4 is 0 Å². The number of nitrogens with zero attached hydrogens (tertiary/aromatic N) is 3. The minimum absolute atomic E-state index is 0.676. The zero-order valence-corrected chi connectivity index (χ0v) is 17.8. The predicted molar refractivity (Wildman–Crippen MR) is 130 cm³/mol. The minimum Gasteiger partial charge on any atom is -0.298 e. The number of imidazole rings is 1. The summed E-state index contributed by atoms with van der Waals surface area (Å²) in [4.78, 5) is 9.17. The molecule has 0 amide bonds. The van der Waals surface area contributed by atoms with Crippen LogP contribution in [0, 0.1) is 6.92 Å². The zero-order valence-electron chi connectivity index (χ0n) is 17.0. The Hall–Kier alpha value is -3.43. The van der Waals surface area contributed by atoms with Gasteiger partial charge in [0.1, 0.15) is 11.8 Å². The van der Waals surface area contributed by atoms with E-state index < -0.39 is 0 Å². The van der Waals surface area contributed by atoms with Gasteiger partial charge in [-0.15, -0.1) is 0 Å². The van der Waals surface area contributed by atoms with E-state index in [0.717, 1.165) is 51.6 Å². The monoisotopic (exact) mass is 422 g/mol. The molecule has 2 heterocycles. The Morgan fingerprint density at radius 3 is 2.48 bits per heavy atom. The maximum absolute atomic E-state index is 6.58. The minimum atomic E-state index is 0.676. The molecule has 5 aromatic rings. The van der Waals surface area contributed by atoms with Crippen molar-refractivity contribution in [2.45, 2.75) is 12.8 Å². The highest BCUT2D eigenvalue weighted by atomic mass is 35.5. The van der Waals surface area contributed by atoms with Crippen LogP contribution in [0.25, 0.3) is 39.8 Å². The highest BCUT2D eigenvalue weighted by molar-refractivity contribution is 6.33. The summed E-state index contributed by atoms with van der Waals surface area (Å²) in [5.41, 5.74) is 7.17. The van der Waals surface area contributed by atoms with Crippen LogP contribution in [0.1, 0.15) is 23.1 Å². The van der Waals surface area contributed by atoms with E-state index in [1.807, 2.05) is 36.7 Å². The number of aryl methyl sites for hydroxylation is 1. The van der Waals surface area contributed by atoms with Gasteiger partial charge in [-0.05, 0) is 53.8 Å². The molecule has 1 radical (unpaired) electrons. The number of hydrogen-bond donors (Lipinski definition) is 0. The number of aromatic nitrogens is 3. The topological polar surface area (TPSA) is 30.7 Å². The third-order valence-corrected chi connectivity index (χ3v) is 5.75. The van der Waals surface area contributed by atoms with Crippen LogP contribution in [0.4, 0.5) is 0 Å². The Morgan fingerprint density at radius 1 is 0.903 bits per heavy atom. The standard InChI is InChI=1S/C27H21ClN3/c1-2-6-19-10-13-22(14-11-19)31-18-30-26-17-29-25-16-24(28)21(15-23(25)27(26)31)12-9-20-7-4-3-5-8-20/h3-5,7-18H,1-2,6H2. The van der Waals surface area contributed by atoms with Gasteiger partial charge in [-0.3, -0.25) is 9.55 Å². The number of fused-ring (bicyclic) bond motifs is 3. The second-order valence-corrected chi connectivity index (χ2v) is 7.92. The van der Waals surface area contributed by atoms with Gasteiger partial charge in [0.25, 0.3) is 0 Å². The molecule has 0 aliphatic rings. The van der Waals surface area contributed by atoms with Crippen LogP contribution in [0.5, 0.6) is 0 Å². The summed E-state index contributed by atoms with van der Waals surface area (Å²) in [7, 11) is 0.